The van der Waals surface area contributed by atoms with E-state index in [-0.39, 0.29) is 24.4 Å². The number of carbonyl (C=O) groups excluding carboxylic acids is 3. The maximum atomic E-state index is 12.7. The van der Waals surface area contributed by atoms with Gasteiger partial charge in [0, 0.05) is 32.6 Å². The Morgan fingerprint density at radius 3 is 2.40 bits per heavy atom. The van der Waals surface area contributed by atoms with Crippen LogP contribution in [-0.4, -0.2) is 98.0 Å². The number of esters is 1. The summed E-state index contributed by atoms with van der Waals surface area (Å²) in [6, 6.07) is 8.82. The molecule has 3 rings (SSSR count). The van der Waals surface area contributed by atoms with Gasteiger partial charge in [-0.25, -0.2) is 4.79 Å². The molecule has 2 unspecified atom stereocenters. The van der Waals surface area contributed by atoms with E-state index in [1.54, 1.807) is 0 Å². The van der Waals surface area contributed by atoms with Crippen LogP contribution < -0.4 is 5.32 Å². The van der Waals surface area contributed by atoms with Crippen LogP contribution in [0.5, 0.6) is 0 Å². The van der Waals surface area contributed by atoms with Gasteiger partial charge in [0.1, 0.15) is 6.04 Å². The van der Waals surface area contributed by atoms with Crippen LogP contribution in [0, 0.1) is 0 Å². The lowest BCUT2D eigenvalue weighted by Gasteiger charge is -2.36. The van der Waals surface area contributed by atoms with Crippen LogP contribution in [0.25, 0.3) is 0 Å². The highest BCUT2D eigenvalue weighted by atomic mass is 16.5. The van der Waals surface area contributed by atoms with E-state index in [1.807, 2.05) is 47.2 Å². The van der Waals surface area contributed by atoms with E-state index >= 15 is 0 Å². The topological polar surface area (TPSA) is 82.2 Å². The highest BCUT2D eigenvalue weighted by Crippen LogP contribution is 2.18. The zero-order valence-corrected chi connectivity index (χ0v) is 17.9. The van der Waals surface area contributed by atoms with E-state index < -0.39 is 12.0 Å². The van der Waals surface area contributed by atoms with Crippen LogP contribution in [0.2, 0.25) is 0 Å². The summed E-state index contributed by atoms with van der Waals surface area (Å²) in [6.07, 6.45) is 2.38. The molecule has 2 heterocycles. The van der Waals surface area contributed by atoms with Crippen LogP contribution in [0.3, 0.4) is 0 Å². The van der Waals surface area contributed by atoms with E-state index in [1.165, 1.54) is 7.11 Å². The fourth-order valence-corrected chi connectivity index (χ4v) is 4.19. The summed E-state index contributed by atoms with van der Waals surface area (Å²) in [5.74, 6) is -0.465. The van der Waals surface area contributed by atoms with E-state index in [4.69, 9.17) is 4.74 Å². The second-order valence-electron chi connectivity index (χ2n) is 8.07. The molecule has 0 bridgehead atoms. The number of nitrogens with one attached hydrogen (secondary N) is 1. The zero-order chi connectivity index (χ0) is 21.5. The van der Waals surface area contributed by atoms with Crippen molar-refractivity contribution in [2.75, 3.05) is 53.4 Å². The average molecular weight is 417 g/mol. The Morgan fingerprint density at radius 2 is 1.80 bits per heavy atom. The summed E-state index contributed by atoms with van der Waals surface area (Å²) in [5.41, 5.74) is 0.956. The summed E-state index contributed by atoms with van der Waals surface area (Å²) in [6.45, 7) is 3.73. The lowest BCUT2D eigenvalue weighted by Crippen LogP contribution is -2.55. The number of hydrogen-bond donors (Lipinski definition) is 1. The first-order valence-corrected chi connectivity index (χ1v) is 10.6. The van der Waals surface area contributed by atoms with E-state index in [0.717, 1.165) is 24.9 Å². The van der Waals surface area contributed by atoms with Crippen LogP contribution in [0.15, 0.2) is 30.3 Å². The van der Waals surface area contributed by atoms with Gasteiger partial charge in [-0.05, 0) is 32.0 Å². The van der Waals surface area contributed by atoms with E-state index in [2.05, 4.69) is 10.2 Å². The smallest absolute Gasteiger partial charge is 0.328 e. The predicted molar refractivity (Wildman–Crippen MR) is 113 cm³/mol. The first-order valence-electron chi connectivity index (χ1n) is 10.6. The molecule has 2 aliphatic heterocycles. The third-order valence-corrected chi connectivity index (χ3v) is 5.96. The zero-order valence-electron chi connectivity index (χ0n) is 17.9. The highest BCUT2D eigenvalue weighted by molar-refractivity contribution is 5.86. The van der Waals surface area contributed by atoms with Crippen molar-refractivity contribution in [3.05, 3.63) is 35.9 Å². The molecule has 2 fully saturated rings. The minimum absolute atomic E-state index is 0.00125. The van der Waals surface area contributed by atoms with Crippen molar-refractivity contribution in [3.8, 4) is 0 Å². The number of rotatable bonds is 7. The minimum atomic E-state index is -0.717. The van der Waals surface area contributed by atoms with Gasteiger partial charge in [0.05, 0.1) is 19.7 Å². The van der Waals surface area contributed by atoms with Gasteiger partial charge in [0.25, 0.3) is 0 Å². The third-order valence-electron chi connectivity index (χ3n) is 5.96. The van der Waals surface area contributed by atoms with Crippen molar-refractivity contribution in [2.45, 2.75) is 31.3 Å². The van der Waals surface area contributed by atoms with Crippen molar-refractivity contribution >= 4 is 17.8 Å². The van der Waals surface area contributed by atoms with Gasteiger partial charge < -0.3 is 15.0 Å². The number of likely N-dealkylation sites (tertiary alicyclic amines) is 1. The van der Waals surface area contributed by atoms with Crippen LogP contribution in [0.4, 0.5) is 0 Å². The van der Waals surface area contributed by atoms with E-state index in [0.29, 0.717) is 32.6 Å². The number of likely N-dealkylation sites (N-methyl/N-ethyl adjacent to an activating group) is 1. The van der Waals surface area contributed by atoms with Crippen LogP contribution in [0.1, 0.15) is 18.4 Å². The molecule has 0 aromatic heterocycles. The van der Waals surface area contributed by atoms with Gasteiger partial charge in [-0.15, -0.1) is 0 Å². The SMILES string of the molecule is COC(=O)C(Cc1ccccc1)NC(=O)CN1CCN(C(=O)C2CCCN2C)CC1. The summed E-state index contributed by atoms with van der Waals surface area (Å²) in [4.78, 5) is 43.4. The highest BCUT2D eigenvalue weighted by Gasteiger charge is 2.33. The fraction of sp³-hybridized carbons (Fsp3) is 0.591. The molecule has 164 valence electrons. The summed E-state index contributed by atoms with van der Waals surface area (Å²) < 4.78 is 4.86. The van der Waals surface area contributed by atoms with Crippen LogP contribution in [-0.2, 0) is 25.5 Å². The molecule has 8 nitrogen and oxygen atoms in total. The molecule has 2 saturated heterocycles. The number of nitrogens with zero attached hydrogens (tertiary/aromatic N) is 3. The van der Waals surface area contributed by atoms with Gasteiger partial charge in [-0.1, -0.05) is 30.3 Å². The standard InChI is InChI=1S/C22H32N4O4/c1-24-10-6-9-19(24)21(28)26-13-11-25(12-14-26)16-20(27)23-18(22(29)30-2)15-17-7-4-3-5-8-17/h3-5,7-8,18-19H,6,9-16H2,1-2H3,(H,23,27). The molecule has 0 radical (unpaired) electrons. The first-order chi connectivity index (χ1) is 14.5. The van der Waals surface area contributed by atoms with Crippen molar-refractivity contribution in [1.29, 1.82) is 0 Å². The Kier molecular flexibility index (Phi) is 7.81. The van der Waals surface area contributed by atoms with Crippen molar-refractivity contribution in [2.24, 2.45) is 0 Å². The first kappa shape index (κ1) is 22.2. The lowest BCUT2D eigenvalue weighted by atomic mass is 10.1. The molecule has 2 aliphatic rings. The summed E-state index contributed by atoms with van der Waals surface area (Å²) in [7, 11) is 3.33. The number of piperazine rings is 1. The number of ether oxygens (including phenoxy) is 1. The minimum Gasteiger partial charge on any atom is -0.467 e. The molecule has 1 N–H and O–H groups in total. The van der Waals surface area contributed by atoms with Crippen molar-refractivity contribution < 1.29 is 19.1 Å². The van der Waals surface area contributed by atoms with E-state index in [9.17, 15) is 14.4 Å². The largest absolute Gasteiger partial charge is 0.467 e. The second kappa shape index (κ2) is 10.5. The molecule has 0 spiro atoms. The summed E-state index contributed by atoms with van der Waals surface area (Å²) >= 11 is 0. The van der Waals surface area contributed by atoms with Gasteiger partial charge in [-0.2, -0.15) is 0 Å². The van der Waals surface area contributed by atoms with Gasteiger partial charge in [0.15, 0.2) is 0 Å². The van der Waals surface area contributed by atoms with Gasteiger partial charge in [-0.3, -0.25) is 19.4 Å². The third kappa shape index (κ3) is 5.79. The molecule has 1 aromatic rings. The Labute approximate surface area is 178 Å². The second-order valence-corrected chi connectivity index (χ2v) is 8.07. The molecule has 2 amide bonds. The number of carbonyl (C=O) groups is 3. The van der Waals surface area contributed by atoms with Gasteiger partial charge >= 0.3 is 5.97 Å². The molecular formula is C22H32N4O4. The monoisotopic (exact) mass is 416 g/mol. The van der Waals surface area contributed by atoms with Crippen molar-refractivity contribution in [3.63, 3.8) is 0 Å². The maximum Gasteiger partial charge on any atom is 0.328 e. The Hall–Kier alpha value is -2.45. The molecule has 2 atom stereocenters. The average Bonchev–Trinajstić information content (AvgIpc) is 3.19. The Bertz CT molecular complexity index is 734. The van der Waals surface area contributed by atoms with Crippen LogP contribution >= 0.6 is 0 Å². The molecule has 30 heavy (non-hydrogen) atoms. The number of benzene rings is 1. The molecule has 1 aromatic carbocycles. The molecular weight excluding hydrogens is 384 g/mol. The molecule has 8 heteroatoms. The maximum absolute atomic E-state index is 12.7. The number of methoxy groups -OCH3 is 1. The predicted octanol–water partition coefficient (Wildman–Crippen LogP) is 0.125. The molecule has 0 saturated carbocycles. The van der Waals surface area contributed by atoms with Crippen molar-refractivity contribution in [1.82, 2.24) is 20.0 Å². The Balaban J connectivity index is 1.47. The normalized spacial score (nSPS) is 21.3. The lowest BCUT2D eigenvalue weighted by molar-refractivity contribution is -0.145. The number of hydrogen-bond acceptors (Lipinski definition) is 6. The number of amides is 2. The fourth-order valence-electron chi connectivity index (χ4n) is 4.19. The quantitative estimate of drug-likeness (QED) is 0.636. The summed E-state index contributed by atoms with van der Waals surface area (Å²) in [5, 5.41) is 2.81. The molecule has 0 aliphatic carbocycles. The Morgan fingerprint density at radius 1 is 1.10 bits per heavy atom. The van der Waals surface area contributed by atoms with Gasteiger partial charge in [0.2, 0.25) is 11.8 Å².